The van der Waals surface area contributed by atoms with E-state index in [4.69, 9.17) is 4.74 Å². The molecule has 2 amide bonds. The number of methoxy groups -OCH3 is 1. The molecule has 0 aromatic heterocycles. The number of benzene rings is 1. The second kappa shape index (κ2) is 14.6. The van der Waals surface area contributed by atoms with Crippen molar-refractivity contribution in [2.75, 3.05) is 40.4 Å². The fraction of sp³-hybridized carbons (Fsp3) is 0.750. The van der Waals surface area contributed by atoms with Crippen LogP contribution < -0.4 is 10.6 Å². The highest BCUT2D eigenvalue weighted by Gasteiger charge is 2.42. The van der Waals surface area contributed by atoms with Gasteiger partial charge in [0.15, 0.2) is 0 Å². The lowest BCUT2D eigenvalue weighted by atomic mass is 9.74. The second-order valence-corrected chi connectivity index (χ2v) is 11.6. The van der Waals surface area contributed by atoms with E-state index in [0.717, 1.165) is 38.6 Å². The minimum atomic E-state index is -1.24. The van der Waals surface area contributed by atoms with Crippen LogP contribution in [0.4, 0.5) is 9.18 Å². The number of unbranched alkanes of at least 4 members (excludes halogenated alkanes) is 1. The van der Waals surface area contributed by atoms with Crippen molar-refractivity contribution in [1.82, 2.24) is 15.5 Å². The number of hydrogen-bond donors (Lipinski definition) is 3. The Hall–Kier alpha value is -1.22. The van der Waals surface area contributed by atoms with Crippen molar-refractivity contribution in [3.8, 4) is 0 Å². The summed E-state index contributed by atoms with van der Waals surface area (Å²) in [7, 11) is 3.60. The minimum absolute atomic E-state index is 0.0594. The van der Waals surface area contributed by atoms with Crippen LogP contribution in [0, 0.1) is 17.7 Å². The van der Waals surface area contributed by atoms with Crippen LogP contribution in [0.1, 0.15) is 76.2 Å². The topological polar surface area (TPSA) is 73.8 Å². The average Bonchev–Trinajstić information content (AvgIpc) is 2.88. The number of hydrogen-bond acceptors (Lipinski definition) is 4. The molecule has 0 spiro atoms. The average molecular weight is 571 g/mol. The van der Waals surface area contributed by atoms with Crippen molar-refractivity contribution in [2.24, 2.45) is 11.8 Å². The molecule has 6 nitrogen and oxygen atoms in total. The molecular weight excluding hydrogens is 525 g/mol. The largest absolute Gasteiger partial charge is 0.385 e. The molecule has 0 bridgehead atoms. The molecule has 2 aliphatic rings. The Kier molecular flexibility index (Phi) is 11.9. The molecule has 1 aromatic carbocycles. The lowest BCUT2D eigenvalue weighted by Crippen LogP contribution is -2.54. The summed E-state index contributed by atoms with van der Waals surface area (Å²) < 4.78 is 20.2. The lowest BCUT2D eigenvalue weighted by molar-refractivity contribution is -0.0571. The summed E-state index contributed by atoms with van der Waals surface area (Å²) in [5.41, 5.74) is -0.669. The molecule has 204 valence electrons. The zero-order chi connectivity index (χ0) is 26.0. The molecule has 1 aliphatic heterocycles. The quantitative estimate of drug-likeness (QED) is 0.287. The van der Waals surface area contributed by atoms with Gasteiger partial charge >= 0.3 is 6.03 Å². The van der Waals surface area contributed by atoms with Crippen LogP contribution >= 0.6 is 15.9 Å². The van der Waals surface area contributed by atoms with Crippen molar-refractivity contribution in [3.05, 3.63) is 34.1 Å². The van der Waals surface area contributed by atoms with Gasteiger partial charge in [0.1, 0.15) is 5.82 Å². The monoisotopic (exact) mass is 569 g/mol. The maximum absolute atomic E-state index is 14.3. The molecule has 1 aromatic rings. The predicted octanol–water partition coefficient (Wildman–Crippen LogP) is 5.57. The molecule has 3 atom stereocenters. The molecule has 1 heterocycles. The Morgan fingerprint density at radius 1 is 1.25 bits per heavy atom. The first-order chi connectivity index (χ1) is 17.4. The SMILES string of the molecule is CNC[C@H](CC1CCCCC1)NC(=O)N1CCC[C@@H]([C@@](O)(CCCCOC)c2cc(F)ccc2Br)C1. The maximum atomic E-state index is 14.3. The van der Waals surface area contributed by atoms with Gasteiger partial charge in [0.05, 0.1) is 5.60 Å². The van der Waals surface area contributed by atoms with E-state index < -0.39 is 5.60 Å². The smallest absolute Gasteiger partial charge is 0.317 e. The number of amides is 2. The van der Waals surface area contributed by atoms with Gasteiger partial charge in [0, 0.05) is 55.3 Å². The van der Waals surface area contributed by atoms with Crippen LogP contribution in [0.3, 0.4) is 0 Å². The highest BCUT2D eigenvalue weighted by Crippen LogP contribution is 2.43. The van der Waals surface area contributed by atoms with Gasteiger partial charge in [-0.05, 0) is 69.7 Å². The second-order valence-electron chi connectivity index (χ2n) is 10.7. The third-order valence-electron chi connectivity index (χ3n) is 8.06. The summed E-state index contributed by atoms with van der Waals surface area (Å²) in [6.45, 7) is 2.49. The number of rotatable bonds is 12. The van der Waals surface area contributed by atoms with Crippen molar-refractivity contribution >= 4 is 22.0 Å². The number of aliphatic hydroxyl groups is 1. The number of ether oxygens (including phenoxy) is 1. The maximum Gasteiger partial charge on any atom is 0.317 e. The number of nitrogens with zero attached hydrogens (tertiary/aromatic N) is 1. The lowest BCUT2D eigenvalue weighted by Gasteiger charge is -2.43. The number of urea groups is 1. The molecule has 1 saturated carbocycles. The summed E-state index contributed by atoms with van der Waals surface area (Å²) in [5, 5.41) is 18.6. The van der Waals surface area contributed by atoms with Crippen molar-refractivity contribution in [3.63, 3.8) is 0 Å². The standard InChI is InChI=1S/C28H45BrFN3O3/c1-31-19-24(17-21-9-4-3-5-10-21)32-27(34)33-15-8-11-22(20-33)28(35,14-6-7-16-36-2)25-18-23(30)12-13-26(25)29/h12-13,18,21-22,24,31,35H,3-11,14-17,19-20H2,1-2H3,(H,32,34)/t22-,24+,28+/m1/s1. The minimum Gasteiger partial charge on any atom is -0.385 e. The number of piperidine rings is 1. The third kappa shape index (κ3) is 8.14. The summed E-state index contributed by atoms with van der Waals surface area (Å²) in [4.78, 5) is 15.2. The van der Waals surface area contributed by atoms with E-state index in [1.54, 1.807) is 13.2 Å². The highest BCUT2D eigenvalue weighted by molar-refractivity contribution is 9.10. The molecule has 8 heteroatoms. The number of likely N-dealkylation sites (tertiary alicyclic amines) is 1. The van der Waals surface area contributed by atoms with Crippen molar-refractivity contribution < 1.29 is 19.0 Å². The molecule has 1 aliphatic carbocycles. The zero-order valence-corrected chi connectivity index (χ0v) is 23.6. The van der Waals surface area contributed by atoms with Crippen LogP contribution in [0.25, 0.3) is 0 Å². The van der Waals surface area contributed by atoms with E-state index in [1.807, 2.05) is 11.9 Å². The first-order valence-electron chi connectivity index (χ1n) is 13.7. The normalized spacial score (nSPS) is 21.7. The molecular formula is C28H45BrFN3O3. The third-order valence-corrected chi connectivity index (χ3v) is 8.75. The van der Waals surface area contributed by atoms with Gasteiger partial charge in [0.25, 0.3) is 0 Å². The van der Waals surface area contributed by atoms with Gasteiger partial charge in [-0.25, -0.2) is 9.18 Å². The van der Waals surface area contributed by atoms with Gasteiger partial charge in [0.2, 0.25) is 0 Å². The van der Waals surface area contributed by atoms with E-state index in [0.29, 0.717) is 42.1 Å². The van der Waals surface area contributed by atoms with E-state index in [9.17, 15) is 14.3 Å². The number of carbonyl (C=O) groups excluding carboxylic acids is 1. The van der Waals surface area contributed by atoms with Crippen LogP contribution in [-0.2, 0) is 10.3 Å². The van der Waals surface area contributed by atoms with E-state index in [2.05, 4.69) is 26.6 Å². The Morgan fingerprint density at radius 3 is 2.75 bits per heavy atom. The fourth-order valence-electron chi connectivity index (χ4n) is 6.11. The predicted molar refractivity (Wildman–Crippen MR) is 145 cm³/mol. The van der Waals surface area contributed by atoms with Gasteiger partial charge in [-0.15, -0.1) is 0 Å². The molecule has 0 radical (unpaired) electrons. The Morgan fingerprint density at radius 2 is 2.03 bits per heavy atom. The Balaban J connectivity index is 1.72. The molecule has 1 saturated heterocycles. The number of carbonyl (C=O) groups is 1. The van der Waals surface area contributed by atoms with Crippen LogP contribution in [0.2, 0.25) is 0 Å². The van der Waals surface area contributed by atoms with Gasteiger partial charge in [-0.3, -0.25) is 0 Å². The van der Waals surface area contributed by atoms with Gasteiger partial charge in [-0.2, -0.15) is 0 Å². The van der Waals surface area contributed by atoms with E-state index in [-0.39, 0.29) is 23.8 Å². The fourth-order valence-corrected chi connectivity index (χ4v) is 6.70. The highest BCUT2D eigenvalue weighted by atomic mass is 79.9. The van der Waals surface area contributed by atoms with Crippen LogP contribution in [-0.4, -0.2) is 62.5 Å². The van der Waals surface area contributed by atoms with Crippen molar-refractivity contribution in [1.29, 1.82) is 0 Å². The molecule has 3 N–H and O–H groups in total. The van der Waals surface area contributed by atoms with Crippen LogP contribution in [0.15, 0.2) is 22.7 Å². The first kappa shape index (κ1) is 29.3. The zero-order valence-electron chi connectivity index (χ0n) is 22.0. The summed E-state index contributed by atoms with van der Waals surface area (Å²) in [6, 6.07) is 4.53. The summed E-state index contributed by atoms with van der Waals surface area (Å²) >= 11 is 3.55. The molecule has 2 fully saturated rings. The Bertz CT molecular complexity index is 823. The number of halogens is 2. The van der Waals surface area contributed by atoms with Gasteiger partial charge < -0.3 is 25.4 Å². The Labute approximate surface area is 224 Å². The van der Waals surface area contributed by atoms with Gasteiger partial charge in [-0.1, -0.05) is 48.0 Å². The molecule has 3 rings (SSSR count). The number of likely N-dealkylation sites (N-methyl/N-ethyl adjacent to an activating group) is 1. The first-order valence-corrected chi connectivity index (χ1v) is 14.5. The van der Waals surface area contributed by atoms with Crippen LogP contribution in [0.5, 0.6) is 0 Å². The molecule has 36 heavy (non-hydrogen) atoms. The molecule has 0 unspecified atom stereocenters. The number of nitrogens with one attached hydrogen (secondary N) is 2. The van der Waals surface area contributed by atoms with Crippen molar-refractivity contribution in [2.45, 2.75) is 82.3 Å². The van der Waals surface area contributed by atoms with E-state index in [1.165, 1.54) is 44.2 Å². The summed E-state index contributed by atoms with van der Waals surface area (Å²) in [6.07, 6.45) is 11.1. The summed E-state index contributed by atoms with van der Waals surface area (Å²) in [5.74, 6) is 0.124. The van der Waals surface area contributed by atoms with E-state index >= 15 is 0 Å².